The zero-order valence-corrected chi connectivity index (χ0v) is 13.3. The number of hydrogen-bond acceptors (Lipinski definition) is 4. The summed E-state index contributed by atoms with van der Waals surface area (Å²) in [6.45, 7) is 1.83. The Morgan fingerprint density at radius 3 is 2.71 bits per heavy atom. The molecule has 5 nitrogen and oxygen atoms in total. The number of nitrogens with zero attached hydrogens (tertiary/aromatic N) is 1. The van der Waals surface area contributed by atoms with Crippen LogP contribution in [0.3, 0.4) is 0 Å². The van der Waals surface area contributed by atoms with Gasteiger partial charge in [0.25, 0.3) is 5.69 Å². The summed E-state index contributed by atoms with van der Waals surface area (Å²) >= 11 is 0. The lowest BCUT2D eigenvalue weighted by atomic mass is 10.0. The number of aliphatic hydroxyl groups is 1. The van der Waals surface area contributed by atoms with Crippen molar-refractivity contribution in [2.75, 3.05) is 0 Å². The van der Waals surface area contributed by atoms with Crippen molar-refractivity contribution in [3.8, 4) is 0 Å². The number of halogens is 3. The molecular weight excluding hydrogens is 325 g/mol. The number of nitro groups is 1. The van der Waals surface area contributed by atoms with Crippen LogP contribution >= 0.6 is 0 Å². The Balaban J connectivity index is 1.87. The van der Waals surface area contributed by atoms with Gasteiger partial charge in [-0.05, 0) is 32.6 Å². The summed E-state index contributed by atoms with van der Waals surface area (Å²) in [5, 5.41) is 23.7. The maximum atomic E-state index is 12.8. The van der Waals surface area contributed by atoms with Gasteiger partial charge < -0.3 is 10.4 Å². The number of hydrogen-bond donors (Lipinski definition) is 2. The Labute approximate surface area is 138 Å². The summed E-state index contributed by atoms with van der Waals surface area (Å²) in [5.74, 6) is 0. The van der Waals surface area contributed by atoms with E-state index >= 15 is 0 Å². The normalized spacial score (nSPS) is 25.6. The lowest BCUT2D eigenvalue weighted by Gasteiger charge is -2.26. The summed E-state index contributed by atoms with van der Waals surface area (Å²) in [4.78, 5) is 10.5. The van der Waals surface area contributed by atoms with E-state index < -0.39 is 22.7 Å². The van der Waals surface area contributed by atoms with Gasteiger partial charge >= 0.3 is 6.18 Å². The first-order chi connectivity index (χ1) is 11.1. The molecule has 3 atom stereocenters. The van der Waals surface area contributed by atoms with Gasteiger partial charge in [0.15, 0.2) is 5.60 Å². The van der Waals surface area contributed by atoms with Gasteiger partial charge in [-0.3, -0.25) is 10.1 Å². The number of para-hydroxylation sites is 1. The summed E-state index contributed by atoms with van der Waals surface area (Å²) in [6.07, 6.45) is -3.99. The molecule has 134 valence electrons. The minimum atomic E-state index is -4.61. The van der Waals surface area contributed by atoms with Crippen LogP contribution in [0.4, 0.5) is 18.9 Å². The van der Waals surface area contributed by atoms with Crippen LogP contribution in [0.15, 0.2) is 24.3 Å². The number of nitro benzene ring substituents is 1. The first kappa shape index (κ1) is 18.7. The van der Waals surface area contributed by atoms with Gasteiger partial charge in [-0.25, -0.2) is 0 Å². The minimum absolute atomic E-state index is 0.0528. The first-order valence-electron chi connectivity index (χ1n) is 7.90. The predicted octanol–water partition coefficient (Wildman–Crippen LogP) is 3.35. The first-order valence-corrected chi connectivity index (χ1v) is 7.90. The van der Waals surface area contributed by atoms with Crippen molar-refractivity contribution in [3.05, 3.63) is 39.9 Å². The second kappa shape index (κ2) is 7.06. The highest BCUT2D eigenvalue weighted by Gasteiger charge is 2.57. The molecule has 0 radical (unpaired) electrons. The van der Waals surface area contributed by atoms with Gasteiger partial charge in [0.2, 0.25) is 0 Å². The third-order valence-corrected chi connectivity index (χ3v) is 4.57. The van der Waals surface area contributed by atoms with Crippen molar-refractivity contribution in [2.24, 2.45) is 0 Å². The standard InChI is InChI=1S/C16H21F3N2O3/c1-11(6-7-12-4-2-3-5-14(12)21(23)24)20-13-8-9-15(22,10-13)16(17,18)19/h2-5,11,13,20,22H,6-10H2,1H3. The molecule has 0 saturated heterocycles. The largest absolute Gasteiger partial charge is 0.417 e. The number of aryl methyl sites for hydroxylation is 1. The van der Waals surface area contributed by atoms with Crippen LogP contribution in [0.5, 0.6) is 0 Å². The Kier molecular flexibility index (Phi) is 5.49. The van der Waals surface area contributed by atoms with Crippen molar-refractivity contribution >= 4 is 5.69 Å². The molecule has 1 aliphatic carbocycles. The van der Waals surface area contributed by atoms with E-state index in [-0.39, 0.29) is 31.0 Å². The fourth-order valence-corrected chi connectivity index (χ4v) is 3.18. The maximum absolute atomic E-state index is 12.8. The average molecular weight is 346 g/mol. The highest BCUT2D eigenvalue weighted by molar-refractivity contribution is 5.39. The van der Waals surface area contributed by atoms with E-state index in [0.717, 1.165) is 0 Å². The molecule has 0 amide bonds. The van der Waals surface area contributed by atoms with Gasteiger partial charge in [0, 0.05) is 30.1 Å². The highest BCUT2D eigenvalue weighted by Crippen LogP contribution is 2.43. The van der Waals surface area contributed by atoms with Crippen LogP contribution in [0, 0.1) is 10.1 Å². The molecule has 0 bridgehead atoms. The summed E-state index contributed by atoms with van der Waals surface area (Å²) < 4.78 is 38.4. The Bertz CT molecular complexity index is 594. The van der Waals surface area contributed by atoms with Gasteiger partial charge in [-0.15, -0.1) is 0 Å². The molecule has 3 unspecified atom stereocenters. The quantitative estimate of drug-likeness (QED) is 0.612. The van der Waals surface area contributed by atoms with Crippen LogP contribution in [0.2, 0.25) is 0 Å². The van der Waals surface area contributed by atoms with E-state index in [9.17, 15) is 28.4 Å². The van der Waals surface area contributed by atoms with Crippen LogP contribution in [0.25, 0.3) is 0 Å². The molecule has 8 heteroatoms. The van der Waals surface area contributed by atoms with E-state index in [1.54, 1.807) is 18.2 Å². The van der Waals surface area contributed by atoms with Crippen molar-refractivity contribution in [2.45, 2.75) is 62.9 Å². The molecule has 1 aromatic carbocycles. The molecule has 1 aliphatic rings. The lowest BCUT2D eigenvalue weighted by Crippen LogP contribution is -2.45. The number of benzene rings is 1. The van der Waals surface area contributed by atoms with Crippen LogP contribution in [-0.2, 0) is 6.42 Å². The predicted molar refractivity (Wildman–Crippen MR) is 82.7 cm³/mol. The topological polar surface area (TPSA) is 75.4 Å². The Hall–Kier alpha value is -1.67. The van der Waals surface area contributed by atoms with Gasteiger partial charge in [-0.2, -0.15) is 13.2 Å². The fourth-order valence-electron chi connectivity index (χ4n) is 3.18. The Morgan fingerprint density at radius 2 is 2.12 bits per heavy atom. The van der Waals surface area contributed by atoms with Gasteiger partial charge in [-0.1, -0.05) is 18.2 Å². The van der Waals surface area contributed by atoms with Crippen molar-refractivity contribution < 1.29 is 23.2 Å². The van der Waals surface area contributed by atoms with Crippen LogP contribution in [-0.4, -0.2) is 33.9 Å². The van der Waals surface area contributed by atoms with Gasteiger partial charge in [0.05, 0.1) is 4.92 Å². The molecular formula is C16H21F3N2O3. The molecule has 24 heavy (non-hydrogen) atoms. The van der Waals surface area contributed by atoms with Crippen LogP contribution in [0.1, 0.15) is 38.2 Å². The summed E-state index contributed by atoms with van der Waals surface area (Å²) in [5.41, 5.74) is -1.95. The zero-order valence-electron chi connectivity index (χ0n) is 13.3. The molecule has 1 fully saturated rings. The van der Waals surface area contributed by atoms with E-state index in [0.29, 0.717) is 18.4 Å². The molecule has 0 spiro atoms. The molecule has 2 N–H and O–H groups in total. The zero-order chi connectivity index (χ0) is 18.0. The summed E-state index contributed by atoms with van der Waals surface area (Å²) in [7, 11) is 0. The van der Waals surface area contributed by atoms with Gasteiger partial charge in [0.1, 0.15) is 0 Å². The third-order valence-electron chi connectivity index (χ3n) is 4.57. The SMILES string of the molecule is CC(CCc1ccccc1[N+](=O)[O-])NC1CCC(O)(C(F)(F)F)C1. The van der Waals surface area contributed by atoms with Crippen molar-refractivity contribution in [3.63, 3.8) is 0 Å². The fraction of sp³-hybridized carbons (Fsp3) is 0.625. The molecule has 1 saturated carbocycles. The second-order valence-electron chi connectivity index (χ2n) is 6.46. The van der Waals surface area contributed by atoms with E-state index in [1.807, 2.05) is 6.92 Å². The average Bonchev–Trinajstić information content (AvgIpc) is 2.87. The van der Waals surface area contributed by atoms with Crippen LogP contribution < -0.4 is 5.32 Å². The Morgan fingerprint density at radius 1 is 1.46 bits per heavy atom. The number of alkyl halides is 3. The highest BCUT2D eigenvalue weighted by atomic mass is 19.4. The smallest absolute Gasteiger partial charge is 0.380 e. The van der Waals surface area contributed by atoms with E-state index in [4.69, 9.17) is 0 Å². The molecule has 0 aromatic heterocycles. The third kappa shape index (κ3) is 4.24. The maximum Gasteiger partial charge on any atom is 0.417 e. The summed E-state index contributed by atoms with van der Waals surface area (Å²) in [6, 6.07) is 5.93. The molecule has 0 aliphatic heterocycles. The minimum Gasteiger partial charge on any atom is -0.380 e. The second-order valence-corrected chi connectivity index (χ2v) is 6.46. The lowest BCUT2D eigenvalue weighted by molar-refractivity contribution is -0.385. The van der Waals surface area contributed by atoms with E-state index in [2.05, 4.69) is 5.32 Å². The van der Waals surface area contributed by atoms with Crippen molar-refractivity contribution in [1.29, 1.82) is 0 Å². The molecule has 0 heterocycles. The molecule has 1 aromatic rings. The van der Waals surface area contributed by atoms with E-state index in [1.165, 1.54) is 6.07 Å². The number of nitrogens with one attached hydrogen (secondary N) is 1. The molecule has 2 rings (SSSR count). The monoisotopic (exact) mass is 346 g/mol. The number of rotatable bonds is 6. The van der Waals surface area contributed by atoms with Crippen molar-refractivity contribution in [1.82, 2.24) is 5.32 Å².